The average molecular weight is 297 g/mol. The van der Waals surface area contributed by atoms with E-state index in [9.17, 15) is 0 Å². The van der Waals surface area contributed by atoms with Crippen LogP contribution in [-0.4, -0.2) is 25.3 Å². The minimum Gasteiger partial charge on any atom is -0.479 e. The molecule has 0 aliphatic carbocycles. The minimum absolute atomic E-state index is 0. The monoisotopic (exact) mass is 298 g/mol. The van der Waals surface area contributed by atoms with Crippen molar-refractivity contribution in [1.82, 2.24) is 5.01 Å². The van der Waals surface area contributed by atoms with Gasteiger partial charge in [-0.05, 0) is 0 Å². The third kappa shape index (κ3) is 7.87. The van der Waals surface area contributed by atoms with E-state index in [-0.39, 0.29) is 20.4 Å². The van der Waals surface area contributed by atoms with E-state index < -0.39 is 0 Å². The first-order valence-electron chi connectivity index (χ1n) is 2.50. The Morgan fingerprint density at radius 3 is 2.67 bits per heavy atom. The Labute approximate surface area is 70.3 Å². The normalized spacial score (nSPS) is 8.67. The van der Waals surface area contributed by atoms with Crippen LogP contribution in [0.5, 0.6) is 0 Å². The first-order chi connectivity index (χ1) is 3.81. The summed E-state index contributed by atoms with van der Waals surface area (Å²) in [5, 5.41) is 5.34. The van der Waals surface area contributed by atoms with Crippen LogP contribution in [0, 0.1) is 6.08 Å². The molecular formula is C6H11N2Re-. The van der Waals surface area contributed by atoms with Gasteiger partial charge >= 0.3 is 0 Å². The maximum absolute atomic E-state index is 3.63. The topological polar surface area (TPSA) is 15.6 Å². The molecule has 0 aromatic carbocycles. The molecule has 0 aliphatic rings. The molecule has 3 heteroatoms. The summed E-state index contributed by atoms with van der Waals surface area (Å²) in [7, 11) is 1.85. The molecular weight excluding hydrogens is 286 g/mol. The fourth-order valence-electron chi connectivity index (χ4n) is 0.273. The van der Waals surface area contributed by atoms with Gasteiger partial charge in [0, 0.05) is 34.2 Å². The molecule has 0 rings (SSSR count). The first-order valence-corrected chi connectivity index (χ1v) is 2.50. The average Bonchev–Trinajstić information content (AvgIpc) is 1.83. The Hall–Kier alpha value is -0.128. The van der Waals surface area contributed by atoms with Gasteiger partial charge in [0.25, 0.3) is 0 Å². The Morgan fingerprint density at radius 2 is 2.33 bits per heavy atom. The van der Waals surface area contributed by atoms with E-state index in [0.29, 0.717) is 0 Å². The number of hydrogen-bond donors (Lipinski definition) is 0. The summed E-state index contributed by atoms with van der Waals surface area (Å²) >= 11 is 0. The van der Waals surface area contributed by atoms with Crippen molar-refractivity contribution in [3.63, 3.8) is 0 Å². The summed E-state index contributed by atoms with van der Waals surface area (Å²) in [5.74, 6) is 0. The zero-order valence-corrected chi connectivity index (χ0v) is 8.48. The summed E-state index contributed by atoms with van der Waals surface area (Å²) in [6.07, 6.45) is 4.83. The smallest absolute Gasteiger partial charge is 0.0218 e. The van der Waals surface area contributed by atoms with Gasteiger partial charge in [-0.1, -0.05) is 13.5 Å². The minimum atomic E-state index is 0. The summed E-state index contributed by atoms with van der Waals surface area (Å²) in [6.45, 7) is 5.99. The Morgan fingerprint density at radius 1 is 1.78 bits per heavy atom. The second-order valence-corrected chi connectivity index (χ2v) is 1.45. The molecule has 0 aromatic heterocycles. The van der Waals surface area contributed by atoms with Crippen LogP contribution < -0.4 is 0 Å². The van der Waals surface area contributed by atoms with Gasteiger partial charge in [0.1, 0.15) is 0 Å². The molecule has 9 heavy (non-hydrogen) atoms. The van der Waals surface area contributed by atoms with Gasteiger partial charge in [0.15, 0.2) is 0 Å². The van der Waals surface area contributed by atoms with Gasteiger partial charge in [-0.2, -0.15) is 5.10 Å². The Kier molecular flexibility index (Phi) is 10.2. The van der Waals surface area contributed by atoms with Crippen LogP contribution in [0.4, 0.5) is 0 Å². The van der Waals surface area contributed by atoms with E-state index in [4.69, 9.17) is 0 Å². The van der Waals surface area contributed by atoms with Gasteiger partial charge in [0.05, 0.1) is 0 Å². The van der Waals surface area contributed by atoms with Crippen LogP contribution in [-0.2, 0) is 20.4 Å². The van der Waals surface area contributed by atoms with Crippen LogP contribution in [0.3, 0.4) is 0 Å². The molecule has 53 valence electrons. The molecule has 0 saturated carbocycles. The second-order valence-electron chi connectivity index (χ2n) is 1.45. The first kappa shape index (κ1) is 11.6. The molecule has 0 aromatic rings. The molecule has 0 amide bonds. The predicted molar refractivity (Wildman–Crippen MR) is 35.7 cm³/mol. The van der Waals surface area contributed by atoms with Crippen molar-refractivity contribution in [3.8, 4) is 0 Å². The molecule has 1 radical (unpaired) electrons. The molecule has 0 unspecified atom stereocenters. The van der Waals surface area contributed by atoms with Crippen molar-refractivity contribution in [3.05, 3.63) is 12.2 Å². The maximum Gasteiger partial charge on any atom is 0.0218 e. The van der Waals surface area contributed by atoms with E-state index >= 15 is 0 Å². The van der Waals surface area contributed by atoms with Gasteiger partial charge in [-0.15, -0.1) is 0 Å². The molecule has 0 heterocycles. The zero-order chi connectivity index (χ0) is 6.41. The summed E-state index contributed by atoms with van der Waals surface area (Å²) < 4.78 is 0. The van der Waals surface area contributed by atoms with E-state index in [1.165, 1.54) is 0 Å². The SMILES string of the molecule is C=NN(C)C[C-]=CC.[Re]. The largest absolute Gasteiger partial charge is 0.479 e. The molecule has 2 nitrogen and oxygen atoms in total. The molecule has 0 atom stereocenters. The van der Waals surface area contributed by atoms with Gasteiger partial charge in [0.2, 0.25) is 0 Å². The number of hydrogen-bond acceptors (Lipinski definition) is 2. The van der Waals surface area contributed by atoms with Crippen molar-refractivity contribution in [2.75, 3.05) is 13.6 Å². The van der Waals surface area contributed by atoms with Crippen LogP contribution in [0.2, 0.25) is 0 Å². The molecule has 0 saturated heterocycles. The van der Waals surface area contributed by atoms with Gasteiger partial charge < -0.3 is 11.1 Å². The fraction of sp³-hybridized carbons (Fsp3) is 0.500. The van der Waals surface area contributed by atoms with Crippen molar-refractivity contribution >= 4 is 6.72 Å². The summed E-state index contributed by atoms with van der Waals surface area (Å²) in [5.41, 5.74) is 0. The molecule has 0 spiro atoms. The van der Waals surface area contributed by atoms with Crippen molar-refractivity contribution in [1.29, 1.82) is 0 Å². The summed E-state index contributed by atoms with van der Waals surface area (Å²) in [4.78, 5) is 0. The van der Waals surface area contributed by atoms with Crippen molar-refractivity contribution in [2.45, 2.75) is 6.92 Å². The number of nitrogens with zero attached hydrogens (tertiary/aromatic N) is 2. The standard InChI is InChI=1S/C6H11N2.Re/c1-4-5-6-8(3)7-2;/h4H,2,6H2,1,3H3;/q-1;. The third-order valence-corrected chi connectivity index (χ3v) is 0.766. The number of allylic oxidation sites excluding steroid dienone is 1. The van der Waals surface area contributed by atoms with E-state index in [1.807, 2.05) is 20.0 Å². The quantitative estimate of drug-likeness (QED) is 0.429. The Balaban J connectivity index is 0. The van der Waals surface area contributed by atoms with E-state index in [0.717, 1.165) is 6.54 Å². The number of hydrazone groups is 1. The van der Waals surface area contributed by atoms with Crippen LogP contribution >= 0.6 is 0 Å². The van der Waals surface area contributed by atoms with Gasteiger partial charge in [-0.25, -0.2) is 0 Å². The molecule has 0 bridgehead atoms. The third-order valence-electron chi connectivity index (χ3n) is 0.766. The number of likely N-dealkylation sites (N-methyl/N-ethyl adjacent to an activating group) is 1. The molecule has 0 aliphatic heterocycles. The molecule has 0 fully saturated rings. The summed E-state index contributed by atoms with van der Waals surface area (Å²) in [6, 6.07) is 0. The Bertz CT molecular complexity index is 91.1. The van der Waals surface area contributed by atoms with Gasteiger partial charge in [-0.3, -0.25) is 6.08 Å². The van der Waals surface area contributed by atoms with Crippen molar-refractivity contribution < 1.29 is 20.4 Å². The van der Waals surface area contributed by atoms with Crippen LogP contribution in [0.15, 0.2) is 11.2 Å². The van der Waals surface area contributed by atoms with Crippen LogP contribution in [0.25, 0.3) is 0 Å². The predicted octanol–water partition coefficient (Wildman–Crippen LogP) is 0.911. The number of rotatable bonds is 3. The zero-order valence-electron chi connectivity index (χ0n) is 5.76. The second kappa shape index (κ2) is 7.87. The maximum atomic E-state index is 3.63. The molecule has 0 N–H and O–H groups in total. The van der Waals surface area contributed by atoms with E-state index in [1.54, 1.807) is 5.01 Å². The van der Waals surface area contributed by atoms with E-state index in [2.05, 4.69) is 17.9 Å². The fourth-order valence-corrected chi connectivity index (χ4v) is 0.273. The van der Waals surface area contributed by atoms with Crippen molar-refractivity contribution in [2.24, 2.45) is 5.10 Å². The van der Waals surface area contributed by atoms with Crippen LogP contribution in [0.1, 0.15) is 6.92 Å².